The van der Waals surface area contributed by atoms with Crippen molar-refractivity contribution < 1.29 is 14.6 Å². The van der Waals surface area contributed by atoms with Gasteiger partial charge in [0.15, 0.2) is 0 Å². The number of rotatable bonds is 8. The van der Waals surface area contributed by atoms with Gasteiger partial charge in [0.25, 0.3) is 0 Å². The molecular weight excluding hydrogens is 392 g/mol. The lowest BCUT2D eigenvalue weighted by Gasteiger charge is -2.40. The number of methoxy groups -OCH3 is 1. The lowest BCUT2D eigenvalue weighted by molar-refractivity contribution is -0.141. The molecule has 2 saturated heterocycles. The van der Waals surface area contributed by atoms with Crippen LogP contribution in [0.3, 0.4) is 0 Å². The summed E-state index contributed by atoms with van der Waals surface area (Å²) in [4.78, 5) is 13.5. The predicted molar refractivity (Wildman–Crippen MR) is 122 cm³/mol. The van der Waals surface area contributed by atoms with E-state index in [4.69, 9.17) is 9.84 Å². The van der Waals surface area contributed by atoms with Gasteiger partial charge in [-0.1, -0.05) is 0 Å². The van der Waals surface area contributed by atoms with Crippen LogP contribution < -0.4 is 16.0 Å². The summed E-state index contributed by atoms with van der Waals surface area (Å²) in [6.45, 7) is 5.03. The number of hydrogen-bond acceptors (Lipinski definition) is 6. The molecule has 178 valence electrons. The average molecular weight is 437 g/mol. The SMILES string of the molecule is COC1CCC(C2CNC(NC3CCC(CCN4CCC(C(=O)O)C4)CC3)NC2)CC1. The highest BCUT2D eigenvalue weighted by atomic mass is 16.5. The van der Waals surface area contributed by atoms with Crippen molar-refractivity contribution in [3.8, 4) is 0 Å². The summed E-state index contributed by atoms with van der Waals surface area (Å²) in [7, 11) is 1.85. The molecule has 4 fully saturated rings. The Balaban J connectivity index is 1.08. The predicted octanol–water partition coefficient (Wildman–Crippen LogP) is 2.23. The summed E-state index contributed by atoms with van der Waals surface area (Å²) < 4.78 is 5.52. The number of aliphatic carboxylic acids is 1. The van der Waals surface area contributed by atoms with E-state index in [0.29, 0.717) is 12.1 Å². The Kier molecular flexibility index (Phi) is 8.63. The van der Waals surface area contributed by atoms with Gasteiger partial charge in [-0.3, -0.25) is 20.7 Å². The molecule has 31 heavy (non-hydrogen) atoms. The van der Waals surface area contributed by atoms with E-state index in [-0.39, 0.29) is 12.2 Å². The topological polar surface area (TPSA) is 85.9 Å². The van der Waals surface area contributed by atoms with Crippen molar-refractivity contribution in [1.82, 2.24) is 20.9 Å². The first-order chi connectivity index (χ1) is 15.1. The van der Waals surface area contributed by atoms with Crippen LogP contribution in [0.2, 0.25) is 0 Å². The van der Waals surface area contributed by atoms with Crippen molar-refractivity contribution in [1.29, 1.82) is 0 Å². The summed E-state index contributed by atoms with van der Waals surface area (Å²) in [6, 6.07) is 0.609. The minimum Gasteiger partial charge on any atom is -0.481 e. The second-order valence-corrected chi connectivity index (χ2v) is 10.6. The molecule has 0 aromatic carbocycles. The second kappa shape index (κ2) is 11.4. The Labute approximate surface area is 188 Å². The van der Waals surface area contributed by atoms with Gasteiger partial charge in [-0.25, -0.2) is 0 Å². The third-order valence-electron chi connectivity index (χ3n) is 8.61. The number of hydrogen-bond donors (Lipinski definition) is 4. The van der Waals surface area contributed by atoms with Crippen LogP contribution in [0.5, 0.6) is 0 Å². The number of carboxylic acid groups (broad SMARTS) is 1. The van der Waals surface area contributed by atoms with E-state index >= 15 is 0 Å². The summed E-state index contributed by atoms with van der Waals surface area (Å²) in [5, 5.41) is 20.4. The fourth-order valence-electron chi connectivity index (χ4n) is 6.39. The lowest BCUT2D eigenvalue weighted by atomic mass is 9.78. The Morgan fingerprint density at radius 1 is 1.00 bits per heavy atom. The van der Waals surface area contributed by atoms with Crippen LogP contribution in [-0.2, 0) is 9.53 Å². The number of nitrogens with zero attached hydrogens (tertiary/aromatic N) is 1. The normalized spacial score (nSPS) is 40.1. The maximum Gasteiger partial charge on any atom is 0.307 e. The van der Waals surface area contributed by atoms with Gasteiger partial charge >= 0.3 is 5.97 Å². The number of carboxylic acids is 1. The van der Waals surface area contributed by atoms with E-state index in [1.165, 1.54) is 57.8 Å². The minimum atomic E-state index is -0.621. The molecule has 1 atom stereocenters. The molecule has 1 unspecified atom stereocenters. The smallest absolute Gasteiger partial charge is 0.307 e. The van der Waals surface area contributed by atoms with Crippen molar-refractivity contribution in [2.75, 3.05) is 39.8 Å². The van der Waals surface area contributed by atoms with Crippen molar-refractivity contribution in [2.24, 2.45) is 23.7 Å². The second-order valence-electron chi connectivity index (χ2n) is 10.6. The summed E-state index contributed by atoms with van der Waals surface area (Å²) in [5.41, 5.74) is 0. The van der Waals surface area contributed by atoms with Gasteiger partial charge in [0, 0.05) is 32.8 Å². The van der Waals surface area contributed by atoms with E-state index in [1.54, 1.807) is 0 Å². The number of ether oxygens (including phenoxy) is 1. The number of likely N-dealkylation sites (tertiary alicyclic amines) is 1. The Bertz CT molecular complexity index is 553. The van der Waals surface area contributed by atoms with Crippen LogP contribution in [0.15, 0.2) is 0 Å². The number of carbonyl (C=O) groups is 1. The Morgan fingerprint density at radius 2 is 1.71 bits per heavy atom. The molecule has 2 heterocycles. The monoisotopic (exact) mass is 436 g/mol. The molecule has 0 radical (unpaired) electrons. The van der Waals surface area contributed by atoms with Crippen LogP contribution in [0, 0.1) is 23.7 Å². The largest absolute Gasteiger partial charge is 0.481 e. The quantitative estimate of drug-likeness (QED) is 0.464. The highest BCUT2D eigenvalue weighted by Gasteiger charge is 2.32. The van der Waals surface area contributed by atoms with Gasteiger partial charge in [0.05, 0.1) is 12.0 Å². The van der Waals surface area contributed by atoms with Crippen LogP contribution in [0.4, 0.5) is 0 Å². The summed E-state index contributed by atoms with van der Waals surface area (Å²) >= 11 is 0. The Hall–Kier alpha value is -0.730. The molecule has 4 aliphatic rings. The third kappa shape index (κ3) is 6.64. The van der Waals surface area contributed by atoms with Gasteiger partial charge in [-0.15, -0.1) is 0 Å². The van der Waals surface area contributed by atoms with Gasteiger partial charge in [-0.05, 0) is 95.1 Å². The molecule has 2 aliphatic carbocycles. The van der Waals surface area contributed by atoms with E-state index in [2.05, 4.69) is 20.9 Å². The van der Waals surface area contributed by atoms with Crippen molar-refractivity contribution >= 4 is 5.97 Å². The number of nitrogens with one attached hydrogen (secondary N) is 3. The van der Waals surface area contributed by atoms with E-state index in [1.807, 2.05) is 7.11 Å². The van der Waals surface area contributed by atoms with Crippen molar-refractivity contribution in [2.45, 2.75) is 82.6 Å². The standard InChI is InChI=1S/C24H44N4O3/c1-31-22-8-4-18(5-9-22)20-14-25-24(26-15-20)27-21-6-2-17(3-7-21)10-12-28-13-11-19(16-28)23(29)30/h17-22,24-27H,2-16H2,1H3,(H,29,30). The Morgan fingerprint density at radius 3 is 2.32 bits per heavy atom. The van der Waals surface area contributed by atoms with Gasteiger partial charge in [0.1, 0.15) is 6.29 Å². The summed E-state index contributed by atoms with van der Waals surface area (Å²) in [6.07, 6.45) is 13.0. The van der Waals surface area contributed by atoms with Gasteiger partial charge in [-0.2, -0.15) is 0 Å². The molecule has 0 aromatic heterocycles. The maximum atomic E-state index is 11.1. The molecule has 4 rings (SSSR count). The molecule has 0 bridgehead atoms. The molecule has 4 N–H and O–H groups in total. The van der Waals surface area contributed by atoms with E-state index < -0.39 is 5.97 Å². The summed E-state index contributed by atoms with van der Waals surface area (Å²) in [5.74, 6) is 1.63. The third-order valence-corrected chi connectivity index (χ3v) is 8.61. The van der Waals surface area contributed by atoms with Crippen LogP contribution in [0.25, 0.3) is 0 Å². The first kappa shape index (κ1) is 23.4. The molecule has 7 heteroatoms. The molecule has 0 aromatic rings. The van der Waals surface area contributed by atoms with Gasteiger partial charge < -0.3 is 14.7 Å². The fourth-order valence-corrected chi connectivity index (χ4v) is 6.39. The van der Waals surface area contributed by atoms with Crippen molar-refractivity contribution in [3.05, 3.63) is 0 Å². The van der Waals surface area contributed by atoms with Crippen LogP contribution in [-0.4, -0.2) is 74.2 Å². The molecule has 2 aliphatic heterocycles. The lowest BCUT2D eigenvalue weighted by Crippen LogP contribution is -2.63. The maximum absolute atomic E-state index is 11.1. The fraction of sp³-hybridized carbons (Fsp3) is 0.958. The average Bonchev–Trinajstić information content (AvgIpc) is 3.29. The van der Waals surface area contributed by atoms with Crippen molar-refractivity contribution in [3.63, 3.8) is 0 Å². The highest BCUT2D eigenvalue weighted by Crippen LogP contribution is 2.32. The minimum absolute atomic E-state index is 0.143. The first-order valence-corrected chi connectivity index (χ1v) is 12.8. The zero-order valence-corrected chi connectivity index (χ0v) is 19.4. The molecule has 0 amide bonds. The molecule has 7 nitrogen and oxygen atoms in total. The molecular formula is C24H44N4O3. The molecule has 2 saturated carbocycles. The molecule has 0 spiro atoms. The zero-order valence-electron chi connectivity index (χ0n) is 19.4. The van der Waals surface area contributed by atoms with Gasteiger partial charge in [0.2, 0.25) is 0 Å². The first-order valence-electron chi connectivity index (χ1n) is 12.8. The van der Waals surface area contributed by atoms with E-state index in [9.17, 15) is 4.79 Å². The highest BCUT2D eigenvalue weighted by molar-refractivity contribution is 5.70. The van der Waals surface area contributed by atoms with Crippen LogP contribution in [0.1, 0.15) is 64.2 Å². The van der Waals surface area contributed by atoms with E-state index in [0.717, 1.165) is 56.9 Å². The van der Waals surface area contributed by atoms with Crippen LogP contribution >= 0.6 is 0 Å². The zero-order chi connectivity index (χ0) is 21.6.